The summed E-state index contributed by atoms with van der Waals surface area (Å²) in [6, 6.07) is 18.9. The minimum atomic E-state index is -0.596. The minimum absolute atomic E-state index is 0.0239. The lowest BCUT2D eigenvalue weighted by Crippen LogP contribution is -2.55. The highest BCUT2D eigenvalue weighted by Gasteiger charge is 2.38. The molecular weight excluding hydrogens is 598 g/mol. The van der Waals surface area contributed by atoms with Crippen LogP contribution in [-0.2, 0) is 27.4 Å². The molecule has 0 bridgehead atoms. The van der Waals surface area contributed by atoms with Gasteiger partial charge in [-0.1, -0.05) is 121 Å². The summed E-state index contributed by atoms with van der Waals surface area (Å²) in [5.74, 6) is 1.36. The SMILES string of the molecule is CC.CC(C)C.C[C@@H]1CCCN1C(=O)C(NC(=O)OCc1ccccc1)C(C)(C)C.NC=O.O=Cc1noc(Cc2ccccc2)n1. The molecule has 1 unspecified atom stereocenters. The van der Waals surface area contributed by atoms with E-state index in [2.05, 4.69) is 48.9 Å². The lowest BCUT2D eigenvalue weighted by molar-refractivity contribution is -0.136. The van der Waals surface area contributed by atoms with Crippen LogP contribution in [0.15, 0.2) is 65.2 Å². The van der Waals surface area contributed by atoms with Crippen molar-refractivity contribution in [2.75, 3.05) is 6.54 Å². The fraction of sp³-hybridized carbons (Fsp3) is 0.500. The highest BCUT2D eigenvalue weighted by molar-refractivity contribution is 5.87. The number of primary amides is 1. The molecule has 0 radical (unpaired) electrons. The number of nitrogens with zero attached hydrogens (tertiary/aromatic N) is 3. The maximum absolute atomic E-state index is 12.9. The number of ether oxygens (including phenoxy) is 1. The van der Waals surface area contributed by atoms with Crippen LogP contribution in [-0.4, -0.2) is 58.4 Å². The Bertz CT molecular complexity index is 1270. The number of alkyl carbamates (subject to hydrolysis) is 1. The van der Waals surface area contributed by atoms with Gasteiger partial charge in [0.05, 0.1) is 6.42 Å². The van der Waals surface area contributed by atoms with Crippen LogP contribution < -0.4 is 11.1 Å². The molecule has 3 amide bonds. The van der Waals surface area contributed by atoms with E-state index >= 15 is 0 Å². The van der Waals surface area contributed by atoms with Crippen molar-refractivity contribution in [2.24, 2.45) is 17.1 Å². The van der Waals surface area contributed by atoms with Gasteiger partial charge in [-0.2, -0.15) is 4.98 Å². The maximum Gasteiger partial charge on any atom is 0.408 e. The third kappa shape index (κ3) is 18.3. The second-order valence-corrected chi connectivity index (χ2v) is 12.2. The second-order valence-electron chi connectivity index (χ2n) is 12.2. The molecule has 0 saturated carbocycles. The molecule has 4 rings (SSSR count). The van der Waals surface area contributed by atoms with E-state index in [0.29, 0.717) is 18.6 Å². The molecule has 1 saturated heterocycles. The summed E-state index contributed by atoms with van der Waals surface area (Å²) in [4.78, 5) is 49.7. The Balaban J connectivity index is 0.000000772. The predicted octanol–water partition coefficient (Wildman–Crippen LogP) is 6.60. The van der Waals surface area contributed by atoms with Crippen LogP contribution in [0.3, 0.4) is 0 Å². The lowest BCUT2D eigenvalue weighted by Gasteiger charge is -2.34. The largest absolute Gasteiger partial charge is 0.445 e. The standard InChI is InChI=1S/C19H28N2O3.C10H8N2O2.C4H10.C2H6.CH3NO/c1-14-9-8-12-21(14)17(22)16(19(2,3)4)20-18(23)24-13-15-10-6-5-7-11-15;13-7-9-11-10(14-12-9)6-8-4-2-1-3-5-8;1-4(2)3;1-2;2-1-3/h5-7,10-11,14,16H,8-9,12-13H2,1-4H3,(H,20,23);1-5,7H,6H2;4H,1-3H3;1-2H3;1H,(H2,2,3)/t14-,16?;;;;/m1..../s1. The number of nitrogens with two attached hydrogens (primary N) is 1. The van der Waals surface area contributed by atoms with Crippen LogP contribution in [0, 0.1) is 11.3 Å². The first kappa shape index (κ1) is 42.5. The van der Waals surface area contributed by atoms with E-state index in [0.717, 1.165) is 36.4 Å². The van der Waals surface area contributed by atoms with Gasteiger partial charge in [0.25, 0.3) is 0 Å². The molecule has 0 spiro atoms. The average Bonchev–Trinajstić information content (AvgIpc) is 3.69. The van der Waals surface area contributed by atoms with E-state index in [1.807, 2.05) is 100 Å². The topological polar surface area (TPSA) is 158 Å². The molecule has 1 aliphatic heterocycles. The number of aldehydes is 1. The fourth-order valence-electron chi connectivity index (χ4n) is 4.12. The number of hydrogen-bond donors (Lipinski definition) is 2. The van der Waals surface area contributed by atoms with Crippen LogP contribution in [0.5, 0.6) is 0 Å². The van der Waals surface area contributed by atoms with Crippen LogP contribution in [0.1, 0.15) is 103 Å². The molecule has 1 aliphatic rings. The summed E-state index contributed by atoms with van der Waals surface area (Å²) < 4.78 is 10.1. The predicted molar refractivity (Wildman–Crippen MR) is 184 cm³/mol. The lowest BCUT2D eigenvalue weighted by atomic mass is 9.85. The molecule has 260 valence electrons. The number of carbonyl (C=O) groups excluding carboxylic acids is 4. The Morgan fingerprint density at radius 2 is 1.53 bits per heavy atom. The van der Waals surface area contributed by atoms with Crippen molar-refractivity contribution < 1.29 is 28.4 Å². The summed E-state index contributed by atoms with van der Waals surface area (Å²) in [6.45, 7) is 19.4. The van der Waals surface area contributed by atoms with Crippen molar-refractivity contribution in [1.82, 2.24) is 20.4 Å². The van der Waals surface area contributed by atoms with Crippen LogP contribution >= 0.6 is 0 Å². The van der Waals surface area contributed by atoms with E-state index in [1.54, 1.807) is 0 Å². The fourth-order valence-corrected chi connectivity index (χ4v) is 4.12. The van der Waals surface area contributed by atoms with Gasteiger partial charge in [0.2, 0.25) is 24.0 Å². The van der Waals surface area contributed by atoms with Crippen molar-refractivity contribution >= 4 is 24.7 Å². The van der Waals surface area contributed by atoms with Crippen molar-refractivity contribution in [1.29, 1.82) is 0 Å². The smallest absolute Gasteiger partial charge is 0.408 e. The summed E-state index contributed by atoms with van der Waals surface area (Å²) in [6.07, 6.45) is 2.85. The number of benzene rings is 2. The van der Waals surface area contributed by atoms with E-state index in [-0.39, 0.29) is 36.2 Å². The highest BCUT2D eigenvalue weighted by atomic mass is 16.5. The Labute approximate surface area is 280 Å². The highest BCUT2D eigenvalue weighted by Crippen LogP contribution is 2.25. The molecule has 1 aromatic heterocycles. The quantitative estimate of drug-likeness (QED) is 0.270. The number of amides is 3. The zero-order valence-corrected chi connectivity index (χ0v) is 29.6. The molecule has 2 heterocycles. The normalized spacial score (nSPS) is 13.8. The minimum Gasteiger partial charge on any atom is -0.445 e. The molecule has 0 aliphatic carbocycles. The van der Waals surface area contributed by atoms with Crippen molar-refractivity contribution in [2.45, 2.75) is 100 Å². The summed E-state index contributed by atoms with van der Waals surface area (Å²) in [5.41, 5.74) is 5.78. The van der Waals surface area contributed by atoms with Gasteiger partial charge < -0.3 is 25.2 Å². The Morgan fingerprint density at radius 3 is 1.96 bits per heavy atom. The number of aromatic nitrogens is 2. The van der Waals surface area contributed by atoms with Crippen molar-refractivity contribution in [3.8, 4) is 0 Å². The third-order valence-corrected chi connectivity index (χ3v) is 6.21. The van der Waals surface area contributed by atoms with Crippen molar-refractivity contribution in [3.05, 3.63) is 83.5 Å². The molecule has 2 atom stereocenters. The summed E-state index contributed by atoms with van der Waals surface area (Å²) >= 11 is 0. The summed E-state index contributed by atoms with van der Waals surface area (Å²) in [7, 11) is 0. The molecular formula is C36H55N5O6. The number of likely N-dealkylation sites (tertiary alicyclic amines) is 1. The summed E-state index contributed by atoms with van der Waals surface area (Å²) in [5, 5.41) is 6.25. The Hall–Kier alpha value is -4.54. The Kier molecular flexibility index (Phi) is 21.5. The van der Waals surface area contributed by atoms with E-state index in [9.17, 15) is 14.4 Å². The van der Waals surface area contributed by atoms with Crippen LogP contribution in [0.25, 0.3) is 0 Å². The molecule has 11 nitrogen and oxygen atoms in total. The average molecular weight is 654 g/mol. The van der Waals surface area contributed by atoms with E-state index in [1.165, 1.54) is 0 Å². The van der Waals surface area contributed by atoms with Gasteiger partial charge in [0, 0.05) is 12.6 Å². The van der Waals surface area contributed by atoms with Crippen LogP contribution in [0.4, 0.5) is 4.79 Å². The first-order valence-corrected chi connectivity index (χ1v) is 16.1. The second kappa shape index (κ2) is 23.7. The van der Waals surface area contributed by atoms with Crippen molar-refractivity contribution in [3.63, 3.8) is 0 Å². The molecule has 3 aromatic rings. The van der Waals surface area contributed by atoms with E-state index < -0.39 is 12.1 Å². The number of carbonyl (C=O) groups is 4. The monoisotopic (exact) mass is 653 g/mol. The Morgan fingerprint density at radius 1 is 1.02 bits per heavy atom. The van der Waals surface area contributed by atoms with Gasteiger partial charge in [0.1, 0.15) is 12.6 Å². The van der Waals surface area contributed by atoms with Gasteiger partial charge in [-0.3, -0.25) is 14.4 Å². The molecule has 3 N–H and O–H groups in total. The molecule has 47 heavy (non-hydrogen) atoms. The first-order valence-electron chi connectivity index (χ1n) is 16.1. The van der Waals surface area contributed by atoms with Crippen LogP contribution in [0.2, 0.25) is 0 Å². The number of nitrogens with one attached hydrogen (secondary N) is 1. The number of rotatable bonds is 7. The number of hydrogen-bond acceptors (Lipinski definition) is 8. The van der Waals surface area contributed by atoms with Gasteiger partial charge in [0.15, 0.2) is 6.29 Å². The third-order valence-electron chi connectivity index (χ3n) is 6.21. The molecule has 2 aromatic carbocycles. The van der Waals surface area contributed by atoms with Gasteiger partial charge in [-0.15, -0.1) is 0 Å². The van der Waals surface area contributed by atoms with Gasteiger partial charge in [-0.25, -0.2) is 4.79 Å². The maximum atomic E-state index is 12.9. The van der Waals surface area contributed by atoms with Gasteiger partial charge in [-0.05, 0) is 42.2 Å². The van der Waals surface area contributed by atoms with Gasteiger partial charge >= 0.3 is 6.09 Å². The zero-order chi connectivity index (χ0) is 35.8. The zero-order valence-electron chi connectivity index (χ0n) is 29.6. The van der Waals surface area contributed by atoms with E-state index in [4.69, 9.17) is 14.1 Å². The molecule has 11 heteroatoms. The first-order chi connectivity index (χ1) is 22.3. The molecule has 1 fully saturated rings.